The Bertz CT molecular complexity index is 739. The first-order valence-electron chi connectivity index (χ1n) is 6.99. The summed E-state index contributed by atoms with van der Waals surface area (Å²) in [6.07, 6.45) is 4.36. The summed E-state index contributed by atoms with van der Waals surface area (Å²) < 4.78 is 1.89. The molecule has 0 spiro atoms. The average molecular weight is 279 g/mol. The van der Waals surface area contributed by atoms with Gasteiger partial charge in [-0.3, -0.25) is 4.99 Å². The summed E-state index contributed by atoms with van der Waals surface area (Å²) in [5, 5.41) is 13.6. The van der Waals surface area contributed by atoms with Gasteiger partial charge in [-0.25, -0.2) is 9.67 Å². The standard InChI is InChI=1S/C16H17N5/c1-16(2,3)15-12-10-18-7-6-13(12)21(20-15)14-5-4-11(8-17)9-19-14/h4-5,9-10H,6-7H2,1-3H3. The molecule has 3 rings (SSSR count). The molecule has 106 valence electrons. The predicted molar refractivity (Wildman–Crippen MR) is 80.9 cm³/mol. The van der Waals surface area contributed by atoms with E-state index in [0.717, 1.165) is 35.7 Å². The van der Waals surface area contributed by atoms with Gasteiger partial charge in [0.15, 0.2) is 5.82 Å². The van der Waals surface area contributed by atoms with Gasteiger partial charge in [-0.2, -0.15) is 10.4 Å². The number of nitrogens with zero attached hydrogens (tertiary/aromatic N) is 5. The van der Waals surface area contributed by atoms with Gasteiger partial charge in [0.1, 0.15) is 6.07 Å². The summed E-state index contributed by atoms with van der Waals surface area (Å²) >= 11 is 0. The first-order valence-corrected chi connectivity index (χ1v) is 6.99. The Morgan fingerprint density at radius 1 is 1.29 bits per heavy atom. The van der Waals surface area contributed by atoms with Crippen molar-refractivity contribution >= 4 is 6.21 Å². The molecule has 0 atom stereocenters. The minimum absolute atomic E-state index is 0.0503. The van der Waals surface area contributed by atoms with E-state index in [9.17, 15) is 0 Å². The molecule has 0 aliphatic carbocycles. The fourth-order valence-corrected chi connectivity index (χ4v) is 2.49. The van der Waals surface area contributed by atoms with Crippen LogP contribution >= 0.6 is 0 Å². The maximum atomic E-state index is 8.87. The minimum Gasteiger partial charge on any atom is -0.292 e. The van der Waals surface area contributed by atoms with Crippen molar-refractivity contribution in [3.63, 3.8) is 0 Å². The van der Waals surface area contributed by atoms with Crippen LogP contribution in [0.2, 0.25) is 0 Å². The van der Waals surface area contributed by atoms with E-state index in [1.54, 1.807) is 12.3 Å². The van der Waals surface area contributed by atoms with E-state index >= 15 is 0 Å². The molecule has 2 aromatic heterocycles. The Morgan fingerprint density at radius 2 is 2.10 bits per heavy atom. The molecule has 0 aromatic carbocycles. The normalized spacial score (nSPS) is 13.8. The summed E-state index contributed by atoms with van der Waals surface area (Å²) in [4.78, 5) is 8.74. The molecule has 0 fully saturated rings. The Labute approximate surface area is 124 Å². The molecular weight excluding hydrogens is 262 g/mol. The van der Waals surface area contributed by atoms with Crippen LogP contribution in [0.25, 0.3) is 5.82 Å². The molecule has 0 N–H and O–H groups in total. The smallest absolute Gasteiger partial charge is 0.153 e. The van der Waals surface area contributed by atoms with Gasteiger partial charge < -0.3 is 0 Å². The highest BCUT2D eigenvalue weighted by Crippen LogP contribution is 2.29. The van der Waals surface area contributed by atoms with Crippen LogP contribution in [0, 0.1) is 11.3 Å². The number of fused-ring (bicyclic) bond motifs is 1. The number of hydrogen-bond acceptors (Lipinski definition) is 4. The van der Waals surface area contributed by atoms with Crippen molar-refractivity contribution in [3.05, 3.63) is 40.8 Å². The lowest BCUT2D eigenvalue weighted by Gasteiger charge is -2.17. The van der Waals surface area contributed by atoms with E-state index in [0.29, 0.717) is 5.56 Å². The fraction of sp³-hybridized carbons (Fsp3) is 0.375. The van der Waals surface area contributed by atoms with Gasteiger partial charge in [-0.1, -0.05) is 20.8 Å². The molecule has 2 aromatic rings. The van der Waals surface area contributed by atoms with Crippen molar-refractivity contribution in [1.29, 1.82) is 5.26 Å². The Hall–Kier alpha value is -2.48. The van der Waals surface area contributed by atoms with Gasteiger partial charge in [0.2, 0.25) is 0 Å². The van der Waals surface area contributed by atoms with E-state index in [4.69, 9.17) is 10.4 Å². The van der Waals surface area contributed by atoms with Gasteiger partial charge in [-0.05, 0) is 12.1 Å². The second-order valence-electron chi connectivity index (χ2n) is 6.17. The van der Waals surface area contributed by atoms with E-state index < -0.39 is 0 Å². The molecule has 0 amide bonds. The highest BCUT2D eigenvalue weighted by Gasteiger charge is 2.27. The lowest BCUT2D eigenvalue weighted by molar-refractivity contribution is 0.558. The fourth-order valence-electron chi connectivity index (χ4n) is 2.49. The molecule has 0 saturated carbocycles. The first-order chi connectivity index (χ1) is 10.0. The second-order valence-corrected chi connectivity index (χ2v) is 6.17. The minimum atomic E-state index is -0.0503. The molecule has 0 saturated heterocycles. The molecule has 0 radical (unpaired) electrons. The first kappa shape index (κ1) is 13.5. The average Bonchev–Trinajstić information content (AvgIpc) is 2.87. The third-order valence-electron chi connectivity index (χ3n) is 3.52. The quantitative estimate of drug-likeness (QED) is 0.805. The second kappa shape index (κ2) is 4.81. The summed E-state index contributed by atoms with van der Waals surface area (Å²) in [5.74, 6) is 0.746. The van der Waals surface area contributed by atoms with Gasteiger partial charge in [-0.15, -0.1) is 0 Å². The van der Waals surface area contributed by atoms with Crippen LogP contribution in [0.5, 0.6) is 0 Å². The van der Waals surface area contributed by atoms with Crippen LogP contribution < -0.4 is 0 Å². The van der Waals surface area contributed by atoms with Gasteiger partial charge in [0, 0.05) is 36.4 Å². The number of pyridine rings is 1. The summed E-state index contributed by atoms with van der Waals surface area (Å²) in [7, 11) is 0. The molecule has 21 heavy (non-hydrogen) atoms. The van der Waals surface area contributed by atoms with Crippen molar-refractivity contribution in [2.24, 2.45) is 4.99 Å². The lowest BCUT2D eigenvalue weighted by Crippen LogP contribution is -2.15. The van der Waals surface area contributed by atoms with E-state index in [1.807, 2.05) is 17.0 Å². The van der Waals surface area contributed by atoms with Crippen molar-refractivity contribution < 1.29 is 0 Å². The highest BCUT2D eigenvalue weighted by atomic mass is 15.3. The highest BCUT2D eigenvalue weighted by molar-refractivity contribution is 5.84. The van der Waals surface area contributed by atoms with Crippen LogP contribution in [0.4, 0.5) is 0 Å². The number of hydrogen-bond donors (Lipinski definition) is 0. The van der Waals surface area contributed by atoms with Crippen LogP contribution in [0.3, 0.4) is 0 Å². The van der Waals surface area contributed by atoms with Crippen molar-refractivity contribution in [1.82, 2.24) is 14.8 Å². The zero-order chi connectivity index (χ0) is 15.0. The third-order valence-corrected chi connectivity index (χ3v) is 3.52. The largest absolute Gasteiger partial charge is 0.292 e. The van der Waals surface area contributed by atoms with Crippen molar-refractivity contribution in [2.45, 2.75) is 32.6 Å². The van der Waals surface area contributed by atoms with Crippen LogP contribution in [0.15, 0.2) is 23.3 Å². The molecule has 3 heterocycles. The number of nitriles is 1. The monoisotopic (exact) mass is 279 g/mol. The Balaban J connectivity index is 2.17. The van der Waals surface area contributed by atoms with Gasteiger partial charge >= 0.3 is 0 Å². The molecule has 5 nitrogen and oxygen atoms in total. The number of aliphatic imine (C=N–C) groups is 1. The maximum absolute atomic E-state index is 8.87. The molecule has 0 unspecified atom stereocenters. The zero-order valence-electron chi connectivity index (χ0n) is 12.5. The SMILES string of the molecule is CC(C)(C)c1nn(-c2ccc(C#N)cn2)c2c1C=NCC2. The molecule has 1 aliphatic heterocycles. The Morgan fingerprint density at radius 3 is 2.71 bits per heavy atom. The summed E-state index contributed by atoms with van der Waals surface area (Å²) in [6, 6.07) is 5.69. The third kappa shape index (κ3) is 2.33. The summed E-state index contributed by atoms with van der Waals surface area (Å²) in [6.45, 7) is 7.22. The summed E-state index contributed by atoms with van der Waals surface area (Å²) in [5.41, 5.74) is 3.79. The van der Waals surface area contributed by atoms with E-state index in [1.165, 1.54) is 0 Å². The number of rotatable bonds is 1. The van der Waals surface area contributed by atoms with E-state index in [-0.39, 0.29) is 5.41 Å². The lowest BCUT2D eigenvalue weighted by atomic mass is 9.88. The predicted octanol–water partition coefficient (Wildman–Crippen LogP) is 2.41. The van der Waals surface area contributed by atoms with Gasteiger partial charge in [0.25, 0.3) is 0 Å². The Kier molecular flexibility index (Phi) is 3.09. The van der Waals surface area contributed by atoms with Crippen molar-refractivity contribution in [2.75, 3.05) is 6.54 Å². The molecular formula is C16H17N5. The zero-order valence-corrected chi connectivity index (χ0v) is 12.5. The van der Waals surface area contributed by atoms with Crippen LogP contribution in [-0.4, -0.2) is 27.5 Å². The maximum Gasteiger partial charge on any atom is 0.153 e. The molecule has 0 bridgehead atoms. The van der Waals surface area contributed by atoms with Crippen LogP contribution in [0.1, 0.15) is 43.3 Å². The topological polar surface area (TPSA) is 66.9 Å². The number of aromatic nitrogens is 3. The van der Waals surface area contributed by atoms with Crippen molar-refractivity contribution in [3.8, 4) is 11.9 Å². The molecule has 1 aliphatic rings. The molecule has 5 heteroatoms. The van der Waals surface area contributed by atoms with Crippen LogP contribution in [-0.2, 0) is 11.8 Å². The van der Waals surface area contributed by atoms with E-state index in [2.05, 4.69) is 36.8 Å². The van der Waals surface area contributed by atoms with Gasteiger partial charge in [0.05, 0.1) is 17.0 Å².